The van der Waals surface area contributed by atoms with E-state index in [-0.39, 0.29) is 9.79 Å². The first-order valence-electron chi connectivity index (χ1n) is 11.9. The zero-order valence-electron chi connectivity index (χ0n) is 19.9. The van der Waals surface area contributed by atoms with E-state index in [4.69, 9.17) is 28.2 Å². The predicted molar refractivity (Wildman–Crippen MR) is 155 cm³/mol. The van der Waals surface area contributed by atoms with Crippen molar-refractivity contribution in [2.24, 2.45) is 0 Å². The number of para-hydroxylation sites is 2. The number of halogens is 2. The van der Waals surface area contributed by atoms with Crippen LogP contribution in [0.5, 0.6) is 0 Å². The summed E-state index contributed by atoms with van der Waals surface area (Å²) in [5.74, 6) is 0.921. The van der Waals surface area contributed by atoms with Gasteiger partial charge in [0.05, 0.1) is 26.5 Å². The normalized spacial score (nSPS) is 11.6. The molecule has 5 nitrogen and oxygen atoms in total. The number of aromatic nitrogens is 1. The fourth-order valence-corrected chi connectivity index (χ4v) is 6.05. The van der Waals surface area contributed by atoms with Crippen LogP contribution in [-0.4, -0.2) is 38.3 Å². The number of anilines is 3. The van der Waals surface area contributed by atoms with Gasteiger partial charge in [0.25, 0.3) is 0 Å². The molecule has 0 fully saturated rings. The summed E-state index contributed by atoms with van der Waals surface area (Å²) in [6, 6.07) is 29.6. The topological polar surface area (TPSA) is 62.3 Å². The lowest BCUT2D eigenvalue weighted by Crippen LogP contribution is -2.27. The van der Waals surface area contributed by atoms with Crippen LogP contribution in [0.1, 0.15) is 0 Å². The molecular weight excluding hydrogens is 525 g/mol. The lowest BCUT2D eigenvalue weighted by molar-refractivity contribution is 0.596. The smallest absolute Gasteiger partial charge is 0.206 e. The molecule has 8 heteroatoms. The summed E-state index contributed by atoms with van der Waals surface area (Å²) in [7, 11) is -3.67. The number of alkyl halides is 2. The Bertz CT molecular complexity index is 1580. The van der Waals surface area contributed by atoms with Crippen LogP contribution in [0.15, 0.2) is 107 Å². The molecule has 0 aliphatic rings. The third kappa shape index (κ3) is 5.23. The highest BCUT2D eigenvalue weighted by Crippen LogP contribution is 2.33. The maximum Gasteiger partial charge on any atom is 0.206 e. The first-order chi connectivity index (χ1) is 18.0. The summed E-state index contributed by atoms with van der Waals surface area (Å²) in [6.07, 6.45) is 0. The second kappa shape index (κ2) is 11.0. The quantitative estimate of drug-likeness (QED) is 0.155. The molecule has 0 amide bonds. The summed E-state index contributed by atoms with van der Waals surface area (Å²) < 4.78 is 26.6. The van der Waals surface area contributed by atoms with Gasteiger partial charge in [-0.05, 0) is 60.7 Å². The summed E-state index contributed by atoms with van der Waals surface area (Å²) in [4.78, 5) is 7.26. The second-order valence-corrected chi connectivity index (χ2v) is 11.2. The molecule has 4 aromatic carbocycles. The Hall–Kier alpha value is -3.32. The SMILES string of the molecule is O=S(=O)(c1ccc(Nc2c3ccccc3nc3ccccc23)cc1)c1ccc(N(CCCl)CCCl)cc1. The molecule has 0 atom stereocenters. The molecule has 5 aromatic rings. The molecule has 1 N–H and O–H groups in total. The highest BCUT2D eigenvalue weighted by molar-refractivity contribution is 7.91. The number of nitrogens with zero attached hydrogens (tertiary/aromatic N) is 2. The van der Waals surface area contributed by atoms with Crippen molar-refractivity contribution in [1.82, 2.24) is 4.98 Å². The molecule has 0 saturated carbocycles. The average molecular weight is 551 g/mol. The van der Waals surface area contributed by atoms with Crippen LogP contribution in [-0.2, 0) is 9.84 Å². The molecule has 0 aliphatic carbocycles. The van der Waals surface area contributed by atoms with E-state index >= 15 is 0 Å². The Morgan fingerprint density at radius 3 is 1.68 bits per heavy atom. The molecule has 188 valence electrons. The van der Waals surface area contributed by atoms with E-state index in [1.807, 2.05) is 53.4 Å². The number of sulfone groups is 1. The molecule has 0 aliphatic heterocycles. The molecule has 0 spiro atoms. The van der Waals surface area contributed by atoms with Gasteiger partial charge in [-0.3, -0.25) is 0 Å². The lowest BCUT2D eigenvalue weighted by atomic mass is 10.1. The Balaban J connectivity index is 1.43. The minimum absolute atomic E-state index is 0.230. The standard InChI is InChI=1S/C29H25Cl2N3O2S/c30-17-19-34(20-18-31)22-11-15-24(16-12-22)37(35,36)23-13-9-21(10-14-23)32-29-25-5-1-3-7-27(25)33-28-8-4-2-6-26(28)29/h1-16H,17-20H2,(H,32,33). The monoisotopic (exact) mass is 549 g/mol. The number of fused-ring (bicyclic) bond motifs is 2. The van der Waals surface area contributed by atoms with Crippen molar-refractivity contribution in [3.8, 4) is 0 Å². The zero-order chi connectivity index (χ0) is 25.8. The molecule has 5 rings (SSSR count). The van der Waals surface area contributed by atoms with Crippen molar-refractivity contribution in [2.75, 3.05) is 35.1 Å². The van der Waals surface area contributed by atoms with Crippen molar-refractivity contribution in [3.05, 3.63) is 97.1 Å². The summed E-state index contributed by atoms with van der Waals surface area (Å²) >= 11 is 11.8. The predicted octanol–water partition coefficient (Wildman–Crippen LogP) is 7.25. The summed E-state index contributed by atoms with van der Waals surface area (Å²) in [5, 5.41) is 5.48. The van der Waals surface area contributed by atoms with Crippen molar-refractivity contribution in [1.29, 1.82) is 0 Å². The third-order valence-corrected chi connectivity index (χ3v) is 8.37. The highest BCUT2D eigenvalue weighted by Gasteiger charge is 2.18. The average Bonchev–Trinajstić information content (AvgIpc) is 2.93. The Morgan fingerprint density at radius 1 is 0.676 bits per heavy atom. The number of pyridine rings is 1. The van der Waals surface area contributed by atoms with Crippen LogP contribution in [0.25, 0.3) is 21.8 Å². The molecule has 1 heterocycles. The molecule has 0 bridgehead atoms. The van der Waals surface area contributed by atoms with Gasteiger partial charge in [-0.15, -0.1) is 23.2 Å². The number of hydrogen-bond acceptors (Lipinski definition) is 5. The van der Waals surface area contributed by atoms with Crippen LogP contribution in [0, 0.1) is 0 Å². The minimum Gasteiger partial charge on any atom is -0.369 e. The van der Waals surface area contributed by atoms with Gasteiger partial charge in [-0.1, -0.05) is 36.4 Å². The van der Waals surface area contributed by atoms with Crippen molar-refractivity contribution in [3.63, 3.8) is 0 Å². The van der Waals surface area contributed by atoms with Gasteiger partial charge in [-0.25, -0.2) is 13.4 Å². The van der Waals surface area contributed by atoms with Gasteiger partial charge in [0, 0.05) is 47.0 Å². The minimum atomic E-state index is -3.67. The summed E-state index contributed by atoms with van der Waals surface area (Å²) in [6.45, 7) is 1.27. The molecule has 37 heavy (non-hydrogen) atoms. The van der Waals surface area contributed by atoms with Gasteiger partial charge < -0.3 is 10.2 Å². The first kappa shape index (κ1) is 25.3. The fourth-order valence-electron chi connectivity index (χ4n) is 4.38. The van der Waals surface area contributed by atoms with Gasteiger partial charge in [0.2, 0.25) is 9.84 Å². The van der Waals surface area contributed by atoms with E-state index in [2.05, 4.69) is 5.32 Å². The van der Waals surface area contributed by atoms with E-state index in [0.717, 1.165) is 38.9 Å². The Morgan fingerprint density at radius 2 is 1.16 bits per heavy atom. The van der Waals surface area contributed by atoms with Gasteiger partial charge in [0.15, 0.2) is 0 Å². The van der Waals surface area contributed by atoms with Crippen LogP contribution < -0.4 is 10.2 Å². The fraction of sp³-hybridized carbons (Fsp3) is 0.138. The number of benzene rings is 4. The largest absolute Gasteiger partial charge is 0.369 e. The van der Waals surface area contributed by atoms with Crippen molar-refractivity contribution >= 4 is 71.9 Å². The number of nitrogens with one attached hydrogen (secondary N) is 1. The van der Waals surface area contributed by atoms with Crippen molar-refractivity contribution in [2.45, 2.75) is 9.79 Å². The van der Waals surface area contributed by atoms with E-state index in [1.54, 1.807) is 48.5 Å². The molecule has 0 radical (unpaired) electrons. The summed E-state index contributed by atoms with van der Waals surface area (Å²) in [5.41, 5.74) is 4.39. The molecule has 0 unspecified atom stereocenters. The van der Waals surface area contributed by atoms with E-state index in [0.29, 0.717) is 24.8 Å². The zero-order valence-corrected chi connectivity index (χ0v) is 22.3. The van der Waals surface area contributed by atoms with Crippen LogP contribution >= 0.6 is 23.2 Å². The highest BCUT2D eigenvalue weighted by atomic mass is 35.5. The maximum atomic E-state index is 13.3. The molecular formula is C29H25Cl2N3O2S. The van der Waals surface area contributed by atoms with Gasteiger partial charge >= 0.3 is 0 Å². The van der Waals surface area contributed by atoms with Crippen LogP contribution in [0.2, 0.25) is 0 Å². The third-order valence-electron chi connectivity index (χ3n) is 6.24. The van der Waals surface area contributed by atoms with Crippen molar-refractivity contribution < 1.29 is 8.42 Å². The Labute approximate surface area is 226 Å². The van der Waals surface area contributed by atoms with E-state index in [9.17, 15) is 8.42 Å². The Kier molecular flexibility index (Phi) is 7.51. The lowest BCUT2D eigenvalue weighted by Gasteiger charge is -2.23. The van der Waals surface area contributed by atoms with Gasteiger partial charge in [-0.2, -0.15) is 0 Å². The van der Waals surface area contributed by atoms with E-state index < -0.39 is 9.84 Å². The van der Waals surface area contributed by atoms with Crippen LogP contribution in [0.3, 0.4) is 0 Å². The molecule has 0 saturated heterocycles. The number of rotatable bonds is 9. The number of hydrogen-bond donors (Lipinski definition) is 1. The molecule has 1 aromatic heterocycles. The maximum absolute atomic E-state index is 13.3. The van der Waals surface area contributed by atoms with Gasteiger partial charge in [0.1, 0.15) is 0 Å². The van der Waals surface area contributed by atoms with Crippen LogP contribution in [0.4, 0.5) is 17.1 Å². The second-order valence-electron chi connectivity index (χ2n) is 8.53. The first-order valence-corrected chi connectivity index (χ1v) is 14.4. The van der Waals surface area contributed by atoms with E-state index in [1.165, 1.54) is 0 Å².